The van der Waals surface area contributed by atoms with Crippen LogP contribution in [0.2, 0.25) is 0 Å². The number of thiazole rings is 1. The molecule has 2 N–H and O–H groups in total. The molecule has 0 bridgehead atoms. The summed E-state index contributed by atoms with van der Waals surface area (Å²) in [5.74, 6) is 0. The Morgan fingerprint density at radius 2 is 2.15 bits per heavy atom. The first-order chi connectivity index (χ1) is 12.6. The summed E-state index contributed by atoms with van der Waals surface area (Å²) < 4.78 is 0. The van der Waals surface area contributed by atoms with E-state index in [9.17, 15) is 14.9 Å². The summed E-state index contributed by atoms with van der Waals surface area (Å²) in [5, 5.41) is 14.9. The minimum Gasteiger partial charge on any atom is -0.338 e. The van der Waals surface area contributed by atoms with E-state index in [2.05, 4.69) is 21.7 Å². The van der Waals surface area contributed by atoms with Crippen LogP contribution in [-0.2, 0) is 0 Å². The second-order valence-electron chi connectivity index (χ2n) is 5.62. The number of allylic oxidation sites excluding steroid dienone is 1. The van der Waals surface area contributed by atoms with Gasteiger partial charge in [-0.25, -0.2) is 19.5 Å². The molecule has 8 heteroatoms. The molecule has 0 fully saturated rings. The molecule has 0 saturated heterocycles. The van der Waals surface area contributed by atoms with Gasteiger partial charge in [0.05, 0.1) is 27.7 Å². The zero-order chi connectivity index (χ0) is 18.7. The maximum absolute atomic E-state index is 12.5. The number of hydrogen-bond donors (Lipinski definition) is 2. The van der Waals surface area contributed by atoms with Gasteiger partial charge in [0, 0.05) is 17.8 Å². The van der Waals surface area contributed by atoms with Gasteiger partial charge in [-0.05, 0) is 13.8 Å². The quantitative estimate of drug-likeness (QED) is 0.868. The van der Waals surface area contributed by atoms with Gasteiger partial charge in [-0.3, -0.25) is 0 Å². The first-order valence-electron chi connectivity index (χ1n) is 8.06. The van der Waals surface area contributed by atoms with Crippen LogP contribution >= 0.6 is 11.3 Å². The van der Waals surface area contributed by atoms with Crippen LogP contribution in [0.1, 0.15) is 24.8 Å². The summed E-state index contributed by atoms with van der Waals surface area (Å²) >= 11 is 1.32. The molecule has 132 valence electrons. The van der Waals surface area contributed by atoms with Crippen molar-refractivity contribution in [3.05, 3.63) is 52.0 Å². The number of carbonyl (C=O) groups excluding carboxylic acids is 2. The Balaban J connectivity index is 2.17. The number of amides is 4. The molecule has 1 unspecified atom stereocenters. The van der Waals surface area contributed by atoms with Crippen LogP contribution in [0.4, 0.5) is 9.59 Å². The molecule has 3 rings (SSSR count). The van der Waals surface area contributed by atoms with Gasteiger partial charge in [-0.1, -0.05) is 30.3 Å². The zero-order valence-electron chi connectivity index (χ0n) is 14.3. The average Bonchev–Trinajstić information content (AvgIpc) is 3.11. The summed E-state index contributed by atoms with van der Waals surface area (Å²) in [6, 6.07) is 9.69. The molecule has 1 aromatic heterocycles. The lowest BCUT2D eigenvalue weighted by atomic mass is 9.98. The molecule has 26 heavy (non-hydrogen) atoms. The molecule has 2 heterocycles. The number of benzene rings is 1. The van der Waals surface area contributed by atoms with Crippen molar-refractivity contribution in [2.24, 2.45) is 0 Å². The van der Waals surface area contributed by atoms with Crippen LogP contribution in [0, 0.1) is 11.3 Å². The van der Waals surface area contributed by atoms with Gasteiger partial charge in [0.1, 0.15) is 6.04 Å². The number of imide groups is 1. The summed E-state index contributed by atoms with van der Waals surface area (Å²) in [6.45, 7) is 3.79. The number of rotatable bonds is 3. The van der Waals surface area contributed by atoms with Crippen molar-refractivity contribution in [3.8, 4) is 17.3 Å². The van der Waals surface area contributed by atoms with E-state index in [1.165, 1.54) is 11.3 Å². The monoisotopic (exact) mass is 367 g/mol. The Kier molecular flexibility index (Phi) is 5.00. The lowest BCUT2D eigenvalue weighted by molar-refractivity contribution is 0.174. The van der Waals surface area contributed by atoms with E-state index in [0.717, 1.165) is 10.5 Å². The molecule has 1 aliphatic heterocycles. The molecule has 2 aromatic rings. The highest BCUT2D eigenvalue weighted by Gasteiger charge is 2.40. The molecular weight excluding hydrogens is 350 g/mol. The molecule has 7 nitrogen and oxygen atoms in total. The fourth-order valence-corrected chi connectivity index (χ4v) is 3.75. The number of nitrogens with zero attached hydrogens (tertiary/aromatic N) is 3. The number of hydrogen-bond acceptors (Lipinski definition) is 5. The van der Waals surface area contributed by atoms with Crippen LogP contribution < -0.4 is 10.6 Å². The zero-order valence-corrected chi connectivity index (χ0v) is 15.1. The van der Waals surface area contributed by atoms with Gasteiger partial charge < -0.3 is 10.6 Å². The van der Waals surface area contributed by atoms with E-state index in [1.807, 2.05) is 30.3 Å². The van der Waals surface area contributed by atoms with E-state index in [0.29, 0.717) is 28.4 Å². The molecule has 1 aliphatic rings. The number of carbonyl (C=O) groups is 2. The van der Waals surface area contributed by atoms with Gasteiger partial charge in [0.15, 0.2) is 0 Å². The third kappa shape index (κ3) is 3.05. The molecule has 0 radical (unpaired) electrons. The van der Waals surface area contributed by atoms with E-state index in [-0.39, 0.29) is 0 Å². The average molecular weight is 367 g/mol. The standard InChI is InChI=1S/C18H17N5O2S/c1-3-20-17(24)23-15(13(9-19)11(2)22-18(23)25)16-14(21-10-26-16)12-7-5-4-6-8-12/h4-8,10,15H,3H2,1-2H3,(H,20,24)(H,22,25). The fourth-order valence-electron chi connectivity index (χ4n) is 2.84. The van der Waals surface area contributed by atoms with Crippen LogP contribution in [-0.4, -0.2) is 28.5 Å². The predicted octanol–water partition coefficient (Wildman–Crippen LogP) is 3.40. The first-order valence-corrected chi connectivity index (χ1v) is 8.94. The van der Waals surface area contributed by atoms with Gasteiger partial charge in [-0.15, -0.1) is 11.3 Å². The smallest absolute Gasteiger partial charge is 0.330 e. The Morgan fingerprint density at radius 1 is 1.42 bits per heavy atom. The van der Waals surface area contributed by atoms with Crippen molar-refractivity contribution >= 4 is 23.4 Å². The normalized spacial score (nSPS) is 16.9. The fraction of sp³-hybridized carbons (Fsp3) is 0.222. The molecule has 1 atom stereocenters. The molecule has 4 amide bonds. The van der Waals surface area contributed by atoms with Crippen LogP contribution in [0.5, 0.6) is 0 Å². The maximum Gasteiger partial charge on any atom is 0.330 e. The molecule has 1 aromatic carbocycles. The van der Waals surface area contributed by atoms with Gasteiger partial charge >= 0.3 is 12.1 Å². The van der Waals surface area contributed by atoms with Crippen molar-refractivity contribution in [2.75, 3.05) is 6.54 Å². The number of aromatic nitrogens is 1. The van der Waals surface area contributed by atoms with E-state index in [4.69, 9.17) is 0 Å². The third-order valence-corrected chi connectivity index (χ3v) is 4.89. The van der Waals surface area contributed by atoms with Gasteiger partial charge in [0.2, 0.25) is 0 Å². The Hall–Kier alpha value is -3.18. The van der Waals surface area contributed by atoms with Crippen molar-refractivity contribution in [1.82, 2.24) is 20.5 Å². The molecular formula is C18H17N5O2S. The minimum absolute atomic E-state index is 0.317. The SMILES string of the molecule is CCNC(=O)N1C(=O)NC(C)=C(C#N)C1c1scnc1-c1ccccc1. The highest BCUT2D eigenvalue weighted by atomic mass is 32.1. The second-order valence-corrected chi connectivity index (χ2v) is 6.51. The lowest BCUT2D eigenvalue weighted by Gasteiger charge is -2.34. The van der Waals surface area contributed by atoms with E-state index < -0.39 is 18.1 Å². The topological polar surface area (TPSA) is 98.1 Å². The molecule has 0 spiro atoms. The predicted molar refractivity (Wildman–Crippen MR) is 98.0 cm³/mol. The highest BCUT2D eigenvalue weighted by molar-refractivity contribution is 7.10. The van der Waals surface area contributed by atoms with Crippen LogP contribution in [0.25, 0.3) is 11.3 Å². The van der Waals surface area contributed by atoms with Crippen LogP contribution in [0.15, 0.2) is 47.1 Å². The summed E-state index contributed by atoms with van der Waals surface area (Å²) in [5.41, 5.74) is 3.93. The number of urea groups is 2. The van der Waals surface area contributed by atoms with E-state index >= 15 is 0 Å². The van der Waals surface area contributed by atoms with Crippen molar-refractivity contribution in [2.45, 2.75) is 19.9 Å². The van der Waals surface area contributed by atoms with Crippen LogP contribution in [0.3, 0.4) is 0 Å². The third-order valence-electron chi connectivity index (χ3n) is 4.01. The number of nitriles is 1. The van der Waals surface area contributed by atoms with E-state index in [1.54, 1.807) is 19.4 Å². The molecule has 0 saturated carbocycles. The maximum atomic E-state index is 12.5. The molecule has 0 aliphatic carbocycles. The summed E-state index contributed by atoms with van der Waals surface area (Å²) in [4.78, 5) is 31.2. The number of nitrogens with one attached hydrogen (secondary N) is 2. The Labute approximate surface area is 155 Å². The Bertz CT molecular complexity index is 913. The van der Waals surface area contributed by atoms with Crippen molar-refractivity contribution < 1.29 is 9.59 Å². The van der Waals surface area contributed by atoms with Gasteiger partial charge in [-0.2, -0.15) is 5.26 Å². The van der Waals surface area contributed by atoms with Crippen molar-refractivity contribution in [3.63, 3.8) is 0 Å². The second kappa shape index (κ2) is 7.37. The summed E-state index contributed by atoms with van der Waals surface area (Å²) in [6.07, 6.45) is 0. The Morgan fingerprint density at radius 3 is 2.81 bits per heavy atom. The van der Waals surface area contributed by atoms with Crippen molar-refractivity contribution in [1.29, 1.82) is 5.26 Å². The minimum atomic E-state index is -0.817. The first kappa shape index (κ1) is 17.6. The van der Waals surface area contributed by atoms with Gasteiger partial charge in [0.25, 0.3) is 0 Å². The lowest BCUT2D eigenvalue weighted by Crippen LogP contribution is -2.53. The largest absolute Gasteiger partial charge is 0.338 e. The highest BCUT2D eigenvalue weighted by Crippen LogP contribution is 2.40. The summed E-state index contributed by atoms with van der Waals surface area (Å²) in [7, 11) is 0.